The Morgan fingerprint density at radius 1 is 0.941 bits per heavy atom. The monoisotopic (exact) mass is 236 g/mol. The molecule has 2 heteroatoms. The van der Waals surface area contributed by atoms with Crippen molar-refractivity contribution in [2.75, 3.05) is 0 Å². The standard InChI is InChI=1S/C14H22O.CH2O/c1-11(2)7-6-8-13(5)10-14(15)9-12(3)4;1-2/h7-9H,6,10H2,1-5H3;1H2. The molecule has 0 bridgehead atoms. The number of ketones is 1. The van der Waals surface area contributed by atoms with E-state index in [1.165, 1.54) is 5.57 Å². The van der Waals surface area contributed by atoms with Gasteiger partial charge in [0.15, 0.2) is 5.78 Å². The summed E-state index contributed by atoms with van der Waals surface area (Å²) >= 11 is 0. The third kappa shape index (κ3) is 14.6. The molecule has 17 heavy (non-hydrogen) atoms. The average Bonchev–Trinajstić information content (AvgIpc) is 2.18. The van der Waals surface area contributed by atoms with Crippen LogP contribution in [-0.2, 0) is 9.59 Å². The second-order valence-corrected chi connectivity index (χ2v) is 4.43. The van der Waals surface area contributed by atoms with Gasteiger partial charge in [-0.25, -0.2) is 0 Å². The number of carbonyl (C=O) groups is 2. The molecule has 0 rings (SSSR count). The van der Waals surface area contributed by atoms with E-state index in [1.807, 2.05) is 27.6 Å². The van der Waals surface area contributed by atoms with Crippen molar-refractivity contribution in [1.29, 1.82) is 0 Å². The van der Waals surface area contributed by atoms with E-state index in [9.17, 15) is 4.79 Å². The Labute approximate surface area is 105 Å². The minimum atomic E-state index is 0.195. The topological polar surface area (TPSA) is 34.1 Å². The highest BCUT2D eigenvalue weighted by Crippen LogP contribution is 2.06. The highest BCUT2D eigenvalue weighted by molar-refractivity contribution is 5.91. The van der Waals surface area contributed by atoms with E-state index in [1.54, 1.807) is 6.08 Å². The van der Waals surface area contributed by atoms with E-state index in [-0.39, 0.29) is 5.78 Å². The smallest absolute Gasteiger partial charge is 0.159 e. The summed E-state index contributed by atoms with van der Waals surface area (Å²) in [6.07, 6.45) is 7.45. The summed E-state index contributed by atoms with van der Waals surface area (Å²) in [5, 5.41) is 0. The van der Waals surface area contributed by atoms with Crippen LogP contribution in [0.2, 0.25) is 0 Å². The van der Waals surface area contributed by atoms with Gasteiger partial charge in [0.05, 0.1) is 0 Å². The Kier molecular flexibility index (Phi) is 11.7. The first-order valence-electron chi connectivity index (χ1n) is 5.67. The summed E-state index contributed by atoms with van der Waals surface area (Å²) < 4.78 is 0. The Hall–Kier alpha value is -1.44. The van der Waals surface area contributed by atoms with Gasteiger partial charge in [0.1, 0.15) is 6.79 Å². The van der Waals surface area contributed by atoms with Gasteiger partial charge < -0.3 is 4.79 Å². The van der Waals surface area contributed by atoms with Crippen LogP contribution >= 0.6 is 0 Å². The van der Waals surface area contributed by atoms with Gasteiger partial charge in [-0.2, -0.15) is 0 Å². The molecule has 0 aliphatic rings. The maximum Gasteiger partial charge on any atom is 0.159 e. The van der Waals surface area contributed by atoms with E-state index in [2.05, 4.69) is 26.0 Å². The molecule has 96 valence electrons. The maximum atomic E-state index is 11.4. The molecule has 0 amide bonds. The largest absolute Gasteiger partial charge is 0.307 e. The summed E-state index contributed by atoms with van der Waals surface area (Å²) in [6.45, 7) is 12.1. The molecule has 0 aliphatic carbocycles. The molecule has 0 saturated heterocycles. The predicted molar refractivity (Wildman–Crippen MR) is 74.0 cm³/mol. The van der Waals surface area contributed by atoms with Crippen molar-refractivity contribution >= 4 is 12.6 Å². The molecule has 2 nitrogen and oxygen atoms in total. The molecule has 0 spiro atoms. The van der Waals surface area contributed by atoms with E-state index in [4.69, 9.17) is 4.79 Å². The fraction of sp³-hybridized carbons (Fsp3) is 0.467. The number of carbonyl (C=O) groups excluding carboxylic acids is 2. The minimum Gasteiger partial charge on any atom is -0.307 e. The molecule has 0 fully saturated rings. The summed E-state index contributed by atoms with van der Waals surface area (Å²) in [5.74, 6) is 0.195. The van der Waals surface area contributed by atoms with Crippen LogP contribution in [0.15, 0.2) is 34.9 Å². The van der Waals surface area contributed by atoms with Gasteiger partial charge in [-0.05, 0) is 47.1 Å². The van der Waals surface area contributed by atoms with Crippen molar-refractivity contribution in [3.05, 3.63) is 34.9 Å². The second kappa shape index (κ2) is 11.1. The SMILES string of the molecule is C=O.CC(C)=CCC=C(C)CC(=O)C=C(C)C. The lowest BCUT2D eigenvalue weighted by Gasteiger charge is -1.97. The molecule has 0 radical (unpaired) electrons. The number of rotatable bonds is 5. The highest BCUT2D eigenvalue weighted by Gasteiger charge is 1.98. The van der Waals surface area contributed by atoms with Crippen LogP contribution in [0.1, 0.15) is 47.5 Å². The molecule has 0 aromatic heterocycles. The normalized spacial score (nSPS) is 9.82. The summed E-state index contributed by atoms with van der Waals surface area (Å²) in [5.41, 5.74) is 3.53. The molecular formula is C15H24O2. The van der Waals surface area contributed by atoms with Crippen LogP contribution in [-0.4, -0.2) is 12.6 Å². The van der Waals surface area contributed by atoms with Crippen molar-refractivity contribution < 1.29 is 9.59 Å². The molecule has 0 aromatic rings. The lowest BCUT2D eigenvalue weighted by atomic mass is 10.1. The van der Waals surface area contributed by atoms with E-state index in [0.29, 0.717) is 6.42 Å². The Morgan fingerprint density at radius 3 is 1.88 bits per heavy atom. The zero-order valence-corrected chi connectivity index (χ0v) is 11.7. The van der Waals surface area contributed by atoms with Gasteiger partial charge in [0, 0.05) is 6.42 Å². The Balaban J connectivity index is 0. The van der Waals surface area contributed by atoms with Gasteiger partial charge in [-0.15, -0.1) is 0 Å². The van der Waals surface area contributed by atoms with Gasteiger partial charge in [-0.1, -0.05) is 28.9 Å². The first kappa shape index (κ1) is 17.9. The second-order valence-electron chi connectivity index (χ2n) is 4.43. The lowest BCUT2D eigenvalue weighted by Crippen LogP contribution is -1.94. The number of hydrogen-bond donors (Lipinski definition) is 0. The van der Waals surface area contributed by atoms with Crippen molar-refractivity contribution in [2.45, 2.75) is 47.5 Å². The molecule has 0 atom stereocenters. The van der Waals surface area contributed by atoms with Crippen molar-refractivity contribution in [3.63, 3.8) is 0 Å². The molecule has 0 saturated carbocycles. The molecule has 0 aliphatic heterocycles. The first-order valence-corrected chi connectivity index (χ1v) is 5.67. The highest BCUT2D eigenvalue weighted by atomic mass is 16.1. The molecule has 0 unspecified atom stereocenters. The molecular weight excluding hydrogens is 212 g/mol. The third-order valence-electron chi connectivity index (χ3n) is 1.90. The summed E-state index contributed by atoms with van der Waals surface area (Å²) in [6, 6.07) is 0. The minimum absolute atomic E-state index is 0.195. The van der Waals surface area contributed by atoms with Crippen molar-refractivity contribution in [3.8, 4) is 0 Å². The van der Waals surface area contributed by atoms with Gasteiger partial charge >= 0.3 is 0 Å². The van der Waals surface area contributed by atoms with Crippen molar-refractivity contribution in [2.24, 2.45) is 0 Å². The Morgan fingerprint density at radius 2 is 1.47 bits per heavy atom. The third-order valence-corrected chi connectivity index (χ3v) is 1.90. The van der Waals surface area contributed by atoms with Crippen LogP contribution in [0.4, 0.5) is 0 Å². The van der Waals surface area contributed by atoms with Crippen LogP contribution in [0.25, 0.3) is 0 Å². The zero-order valence-electron chi connectivity index (χ0n) is 11.7. The van der Waals surface area contributed by atoms with Gasteiger partial charge in [0.2, 0.25) is 0 Å². The summed E-state index contributed by atoms with van der Waals surface area (Å²) in [7, 11) is 0. The first-order chi connectivity index (χ1) is 7.91. The maximum absolute atomic E-state index is 11.4. The van der Waals surface area contributed by atoms with Crippen LogP contribution in [0.5, 0.6) is 0 Å². The van der Waals surface area contributed by atoms with E-state index >= 15 is 0 Å². The van der Waals surface area contributed by atoms with Crippen molar-refractivity contribution in [1.82, 2.24) is 0 Å². The van der Waals surface area contributed by atoms with E-state index < -0.39 is 0 Å². The quantitative estimate of drug-likeness (QED) is 0.533. The molecule has 0 aromatic carbocycles. The van der Waals surface area contributed by atoms with Crippen LogP contribution < -0.4 is 0 Å². The van der Waals surface area contributed by atoms with Crippen LogP contribution in [0.3, 0.4) is 0 Å². The average molecular weight is 236 g/mol. The Bertz CT molecular complexity index is 312. The fourth-order valence-electron chi connectivity index (χ4n) is 1.22. The number of hydrogen-bond acceptors (Lipinski definition) is 2. The lowest BCUT2D eigenvalue weighted by molar-refractivity contribution is -0.114. The van der Waals surface area contributed by atoms with E-state index in [0.717, 1.165) is 17.6 Å². The van der Waals surface area contributed by atoms with Crippen LogP contribution in [0, 0.1) is 0 Å². The van der Waals surface area contributed by atoms with Gasteiger partial charge in [0.25, 0.3) is 0 Å². The number of allylic oxidation sites excluding steroid dienone is 6. The molecule has 0 N–H and O–H groups in total. The summed E-state index contributed by atoms with van der Waals surface area (Å²) in [4.78, 5) is 19.4. The molecule has 0 heterocycles. The predicted octanol–water partition coefficient (Wildman–Crippen LogP) is 4.03. The van der Waals surface area contributed by atoms with Gasteiger partial charge in [-0.3, -0.25) is 4.79 Å². The zero-order chi connectivity index (χ0) is 13.8. The fourth-order valence-corrected chi connectivity index (χ4v) is 1.22.